The lowest BCUT2D eigenvalue weighted by molar-refractivity contribution is -0.177. The molecule has 6 heteroatoms. The molecule has 2 fully saturated rings. The third kappa shape index (κ3) is 3.36. The van der Waals surface area contributed by atoms with Crippen LogP contribution in [0.25, 0.3) is 0 Å². The predicted octanol–water partition coefficient (Wildman–Crippen LogP) is 1.38. The van der Waals surface area contributed by atoms with Gasteiger partial charge in [0, 0.05) is 13.1 Å². The number of carbonyl (C=O) groups excluding carboxylic acids is 2. The quantitative estimate of drug-likeness (QED) is 0.469. The minimum absolute atomic E-state index is 0.214. The van der Waals surface area contributed by atoms with Crippen molar-refractivity contribution < 1.29 is 18.7 Å². The van der Waals surface area contributed by atoms with Gasteiger partial charge in [0.25, 0.3) is 5.91 Å². The van der Waals surface area contributed by atoms with Gasteiger partial charge in [0.05, 0.1) is 0 Å². The number of piperazine rings is 1. The smallest absolute Gasteiger partial charge is 0.369 e. The number of alkyl halides is 1. The van der Waals surface area contributed by atoms with Crippen LogP contribution in [0.5, 0.6) is 0 Å². The second-order valence-corrected chi connectivity index (χ2v) is 6.61. The van der Waals surface area contributed by atoms with Crippen molar-refractivity contribution in [2.75, 3.05) is 13.1 Å². The summed E-state index contributed by atoms with van der Waals surface area (Å²) in [6.07, 6.45) is 2.48. The average molecular weight is 300 g/mol. The maximum Gasteiger partial charge on any atom is 0.369 e. The van der Waals surface area contributed by atoms with E-state index in [1.807, 2.05) is 0 Å². The van der Waals surface area contributed by atoms with Crippen LogP contribution in [0.1, 0.15) is 40.0 Å². The fourth-order valence-corrected chi connectivity index (χ4v) is 3.25. The van der Waals surface area contributed by atoms with E-state index in [9.17, 15) is 14.0 Å². The highest BCUT2D eigenvalue weighted by atomic mass is 19.1. The van der Waals surface area contributed by atoms with Gasteiger partial charge in [-0.15, -0.1) is 0 Å². The molecule has 0 spiro atoms. The first-order chi connectivity index (χ1) is 9.84. The lowest BCUT2D eigenvalue weighted by atomic mass is 9.75. The Balaban J connectivity index is 2.07. The number of amides is 1. The molecule has 21 heavy (non-hydrogen) atoms. The monoisotopic (exact) mass is 300 g/mol. The lowest BCUT2D eigenvalue weighted by Crippen LogP contribution is -2.65. The van der Waals surface area contributed by atoms with Crippen LogP contribution in [0.2, 0.25) is 0 Å². The number of nitrogens with one attached hydrogen (secondary N) is 2. The molecule has 4 atom stereocenters. The second-order valence-electron chi connectivity index (χ2n) is 6.61. The highest BCUT2D eigenvalue weighted by Crippen LogP contribution is 2.36. The number of rotatable bonds is 3. The van der Waals surface area contributed by atoms with Crippen molar-refractivity contribution in [1.82, 2.24) is 10.6 Å². The zero-order valence-corrected chi connectivity index (χ0v) is 12.9. The van der Waals surface area contributed by atoms with Gasteiger partial charge in [-0.1, -0.05) is 27.2 Å². The molecule has 1 aliphatic carbocycles. The van der Waals surface area contributed by atoms with E-state index in [0.717, 1.165) is 19.3 Å². The second kappa shape index (κ2) is 6.30. The Morgan fingerprint density at radius 3 is 2.71 bits per heavy atom. The number of esters is 1. The van der Waals surface area contributed by atoms with Crippen LogP contribution in [0.3, 0.4) is 0 Å². The summed E-state index contributed by atoms with van der Waals surface area (Å²) >= 11 is 0. The number of hydrogen-bond donors (Lipinski definition) is 2. The fraction of sp³-hybridized carbons (Fsp3) is 0.867. The van der Waals surface area contributed by atoms with Crippen LogP contribution in [0, 0.1) is 17.8 Å². The first-order valence-corrected chi connectivity index (χ1v) is 7.78. The van der Waals surface area contributed by atoms with Crippen molar-refractivity contribution >= 4 is 11.9 Å². The van der Waals surface area contributed by atoms with Crippen molar-refractivity contribution in [3.8, 4) is 0 Å². The van der Waals surface area contributed by atoms with Gasteiger partial charge in [-0.3, -0.25) is 10.1 Å². The van der Waals surface area contributed by atoms with Crippen molar-refractivity contribution in [2.45, 2.75) is 51.9 Å². The van der Waals surface area contributed by atoms with E-state index >= 15 is 0 Å². The van der Waals surface area contributed by atoms with E-state index in [0.29, 0.717) is 18.4 Å². The fourth-order valence-electron chi connectivity index (χ4n) is 3.25. The molecule has 0 radical (unpaired) electrons. The maximum absolute atomic E-state index is 14.5. The minimum Gasteiger partial charge on any atom is -0.458 e. The molecule has 0 aromatic heterocycles. The van der Waals surface area contributed by atoms with Gasteiger partial charge in [-0.2, -0.15) is 0 Å². The Morgan fingerprint density at radius 2 is 2.10 bits per heavy atom. The van der Waals surface area contributed by atoms with Gasteiger partial charge < -0.3 is 10.1 Å². The summed E-state index contributed by atoms with van der Waals surface area (Å²) in [6.45, 7) is 6.80. The number of ether oxygens (including phenoxy) is 1. The van der Waals surface area contributed by atoms with Crippen molar-refractivity contribution in [3.63, 3.8) is 0 Å². The Labute approximate surface area is 125 Å². The van der Waals surface area contributed by atoms with Gasteiger partial charge in [0.2, 0.25) is 0 Å². The minimum atomic E-state index is -2.75. The normalized spacial score (nSPS) is 37.2. The zero-order chi connectivity index (χ0) is 15.6. The maximum atomic E-state index is 14.5. The Bertz CT molecular complexity index is 416. The third-order valence-electron chi connectivity index (χ3n) is 4.59. The topological polar surface area (TPSA) is 67.4 Å². The molecule has 2 N–H and O–H groups in total. The highest BCUT2D eigenvalue weighted by Gasteiger charge is 2.51. The molecule has 0 aromatic rings. The molecule has 2 aliphatic rings. The standard InChI is InChI=1S/C15H25FN2O3/c1-9(2)11-5-4-10(3)8-12(11)21-14(20)15(16)13(19)17-6-7-18-15/h9-12,18H,4-8H2,1-3H3,(H,17,19)/t10-,11+,12-,15+/m0/s1. The molecular formula is C15H25FN2O3. The van der Waals surface area contributed by atoms with Crippen LogP contribution in [-0.2, 0) is 14.3 Å². The van der Waals surface area contributed by atoms with Crippen molar-refractivity contribution in [2.24, 2.45) is 17.8 Å². The summed E-state index contributed by atoms with van der Waals surface area (Å²) in [5.41, 5.74) is 0. The zero-order valence-electron chi connectivity index (χ0n) is 12.9. The van der Waals surface area contributed by atoms with E-state index in [2.05, 4.69) is 31.4 Å². The van der Waals surface area contributed by atoms with Gasteiger partial charge in [0.15, 0.2) is 0 Å². The Morgan fingerprint density at radius 1 is 1.38 bits per heavy atom. The van der Waals surface area contributed by atoms with Crippen LogP contribution < -0.4 is 10.6 Å². The van der Waals surface area contributed by atoms with E-state index in [-0.39, 0.29) is 18.6 Å². The van der Waals surface area contributed by atoms with Gasteiger partial charge in [-0.25, -0.2) is 9.18 Å². The van der Waals surface area contributed by atoms with Crippen LogP contribution in [0.4, 0.5) is 4.39 Å². The van der Waals surface area contributed by atoms with Crippen molar-refractivity contribution in [1.29, 1.82) is 0 Å². The lowest BCUT2D eigenvalue weighted by Gasteiger charge is -2.38. The summed E-state index contributed by atoms with van der Waals surface area (Å²) in [5.74, 6) is -3.78. The summed E-state index contributed by atoms with van der Waals surface area (Å²) in [7, 11) is 0. The first-order valence-electron chi connectivity index (χ1n) is 7.78. The summed E-state index contributed by atoms with van der Waals surface area (Å²) in [5, 5.41) is 4.69. The molecule has 5 nitrogen and oxygen atoms in total. The molecule has 1 aliphatic heterocycles. The van der Waals surface area contributed by atoms with Gasteiger partial charge >= 0.3 is 11.8 Å². The molecular weight excluding hydrogens is 275 g/mol. The molecule has 2 rings (SSSR count). The summed E-state index contributed by atoms with van der Waals surface area (Å²) in [4.78, 5) is 23.8. The molecule has 0 aromatic carbocycles. The van der Waals surface area contributed by atoms with Gasteiger partial charge in [0.1, 0.15) is 6.10 Å². The molecule has 1 saturated heterocycles. The van der Waals surface area contributed by atoms with Crippen LogP contribution >= 0.6 is 0 Å². The summed E-state index contributed by atoms with van der Waals surface area (Å²) in [6, 6.07) is 0. The first kappa shape index (κ1) is 16.2. The predicted molar refractivity (Wildman–Crippen MR) is 76.1 cm³/mol. The van der Waals surface area contributed by atoms with Gasteiger partial charge in [-0.05, 0) is 30.6 Å². The molecule has 1 saturated carbocycles. The number of halogens is 1. The number of carbonyl (C=O) groups is 2. The van der Waals surface area contributed by atoms with Crippen LogP contribution in [0.15, 0.2) is 0 Å². The number of hydrogen-bond acceptors (Lipinski definition) is 4. The average Bonchev–Trinajstić information content (AvgIpc) is 2.42. The molecule has 0 bridgehead atoms. The molecule has 120 valence electrons. The molecule has 1 amide bonds. The van der Waals surface area contributed by atoms with E-state index in [4.69, 9.17) is 4.74 Å². The van der Waals surface area contributed by atoms with E-state index in [1.54, 1.807) is 0 Å². The van der Waals surface area contributed by atoms with E-state index < -0.39 is 17.7 Å². The largest absolute Gasteiger partial charge is 0.458 e. The third-order valence-corrected chi connectivity index (χ3v) is 4.59. The van der Waals surface area contributed by atoms with Crippen molar-refractivity contribution in [3.05, 3.63) is 0 Å². The molecule has 1 heterocycles. The highest BCUT2D eigenvalue weighted by molar-refractivity contribution is 6.06. The Hall–Kier alpha value is -1.17. The van der Waals surface area contributed by atoms with Crippen LogP contribution in [-0.4, -0.2) is 36.9 Å². The van der Waals surface area contributed by atoms with E-state index in [1.165, 1.54) is 0 Å². The Kier molecular flexibility index (Phi) is 4.86. The molecule has 0 unspecified atom stereocenters. The SMILES string of the molecule is CC(C)[C@H]1CC[C@H](C)C[C@@H]1OC(=O)[C@]1(F)NCCNC1=O. The summed E-state index contributed by atoms with van der Waals surface area (Å²) < 4.78 is 20.0.